The summed E-state index contributed by atoms with van der Waals surface area (Å²) in [6.45, 7) is -0.497. The molecule has 0 amide bonds. The van der Waals surface area contributed by atoms with Crippen molar-refractivity contribution in [2.45, 2.75) is 6.18 Å². The largest absolute Gasteiger partial charge is 0.497 e. The number of hydrogen-bond donors (Lipinski definition) is 1. The number of aliphatic carboxylic acids is 1. The number of thiocarbonyl (C=S) groups is 1. The molecule has 0 bridgehead atoms. The molecule has 4 nitrogen and oxygen atoms in total. The molecule has 8 heteroatoms. The number of fused-ring (bicyclic) bond motifs is 1. The van der Waals surface area contributed by atoms with Crippen molar-refractivity contribution in [2.24, 2.45) is 0 Å². The molecule has 0 fully saturated rings. The van der Waals surface area contributed by atoms with Crippen molar-refractivity contribution in [3.8, 4) is 5.75 Å². The normalized spacial score (nSPS) is 11.4. The molecule has 0 atom stereocenters. The van der Waals surface area contributed by atoms with Crippen LogP contribution in [0.3, 0.4) is 0 Å². The molecule has 128 valence electrons. The van der Waals surface area contributed by atoms with Crippen LogP contribution in [0, 0.1) is 0 Å². The van der Waals surface area contributed by atoms with Crippen LogP contribution in [0.25, 0.3) is 10.8 Å². The highest BCUT2D eigenvalue weighted by Crippen LogP contribution is 2.37. The minimum atomic E-state index is -4.61. The van der Waals surface area contributed by atoms with Gasteiger partial charge in [-0.15, -0.1) is 0 Å². The van der Waals surface area contributed by atoms with Crippen LogP contribution in [-0.4, -0.2) is 41.7 Å². The molecule has 0 unspecified atom stereocenters. The Morgan fingerprint density at radius 3 is 2.50 bits per heavy atom. The van der Waals surface area contributed by atoms with Gasteiger partial charge in [-0.2, -0.15) is 13.2 Å². The highest BCUT2D eigenvalue weighted by Gasteiger charge is 2.36. The molecule has 0 heterocycles. The third-order valence-corrected chi connectivity index (χ3v) is 3.98. The maximum Gasteiger partial charge on any atom is 0.417 e. The Kier molecular flexibility index (Phi) is 4.98. The van der Waals surface area contributed by atoms with E-state index in [1.807, 2.05) is 0 Å². The van der Waals surface area contributed by atoms with E-state index in [2.05, 4.69) is 0 Å². The molecule has 1 N–H and O–H groups in total. The Balaban J connectivity index is 2.70. The minimum Gasteiger partial charge on any atom is -0.497 e. The van der Waals surface area contributed by atoms with Crippen LogP contribution in [0.15, 0.2) is 30.3 Å². The number of nitrogens with zero attached hydrogens (tertiary/aromatic N) is 1. The monoisotopic (exact) mass is 357 g/mol. The van der Waals surface area contributed by atoms with Crippen molar-refractivity contribution in [1.29, 1.82) is 0 Å². The van der Waals surface area contributed by atoms with Gasteiger partial charge in [-0.1, -0.05) is 18.3 Å². The summed E-state index contributed by atoms with van der Waals surface area (Å²) in [4.78, 5) is 11.8. The summed E-state index contributed by atoms with van der Waals surface area (Å²) in [6.07, 6.45) is -4.61. The van der Waals surface area contributed by atoms with E-state index < -0.39 is 24.3 Å². The van der Waals surface area contributed by atoms with Crippen molar-refractivity contribution in [2.75, 3.05) is 20.7 Å². The zero-order valence-electron chi connectivity index (χ0n) is 12.8. The molecule has 0 spiro atoms. The van der Waals surface area contributed by atoms with Crippen LogP contribution in [0.1, 0.15) is 11.1 Å². The molecule has 0 aliphatic heterocycles. The fourth-order valence-corrected chi connectivity index (χ4v) is 2.65. The smallest absolute Gasteiger partial charge is 0.417 e. The number of hydrogen-bond acceptors (Lipinski definition) is 3. The zero-order chi connectivity index (χ0) is 18.1. The van der Waals surface area contributed by atoms with E-state index in [-0.39, 0.29) is 15.9 Å². The number of halogens is 3. The highest BCUT2D eigenvalue weighted by atomic mass is 32.1. The molecule has 0 aliphatic rings. The van der Waals surface area contributed by atoms with Gasteiger partial charge in [-0.3, -0.25) is 4.79 Å². The number of carboxylic acid groups (broad SMARTS) is 1. The van der Waals surface area contributed by atoms with Crippen molar-refractivity contribution in [3.05, 3.63) is 41.5 Å². The van der Waals surface area contributed by atoms with Gasteiger partial charge in [-0.25, -0.2) is 0 Å². The van der Waals surface area contributed by atoms with Crippen molar-refractivity contribution < 1.29 is 27.8 Å². The number of rotatable bonds is 4. The van der Waals surface area contributed by atoms with Crippen LogP contribution in [0.4, 0.5) is 13.2 Å². The topological polar surface area (TPSA) is 49.8 Å². The van der Waals surface area contributed by atoms with Crippen LogP contribution >= 0.6 is 12.2 Å². The van der Waals surface area contributed by atoms with Gasteiger partial charge >= 0.3 is 12.1 Å². The molecule has 2 aromatic carbocycles. The summed E-state index contributed by atoms with van der Waals surface area (Å²) in [5, 5.41) is 9.65. The van der Waals surface area contributed by atoms with Crippen molar-refractivity contribution >= 4 is 33.9 Å². The first-order valence-corrected chi connectivity index (χ1v) is 7.21. The quantitative estimate of drug-likeness (QED) is 0.848. The number of carboxylic acids is 1. The van der Waals surface area contributed by atoms with E-state index in [1.165, 1.54) is 32.4 Å². The Bertz CT molecular complexity index is 805. The summed E-state index contributed by atoms with van der Waals surface area (Å²) < 4.78 is 45.2. The third-order valence-electron chi connectivity index (χ3n) is 3.47. The SMILES string of the molecule is COc1ccc2c(C(=S)N(C)CC(=O)O)c(C(F)(F)F)ccc2c1. The number of alkyl halides is 3. The standard InChI is InChI=1S/C16H14F3NO3S/c1-20(8-13(21)22)15(24)14-11-5-4-10(23-2)7-9(11)3-6-12(14)16(17,18)19/h3-7H,8H2,1-2H3,(H,21,22). The Hall–Kier alpha value is -2.35. The average molecular weight is 357 g/mol. The highest BCUT2D eigenvalue weighted by molar-refractivity contribution is 7.80. The number of benzene rings is 2. The molecule has 0 radical (unpaired) electrons. The first-order valence-electron chi connectivity index (χ1n) is 6.80. The fourth-order valence-electron chi connectivity index (χ4n) is 2.37. The van der Waals surface area contributed by atoms with Crippen LogP contribution in [0.2, 0.25) is 0 Å². The number of carbonyl (C=O) groups is 1. The lowest BCUT2D eigenvalue weighted by Crippen LogP contribution is -2.32. The van der Waals surface area contributed by atoms with Gasteiger partial charge in [0.15, 0.2) is 0 Å². The molecular weight excluding hydrogens is 343 g/mol. The van der Waals surface area contributed by atoms with E-state index in [1.54, 1.807) is 6.07 Å². The molecular formula is C16H14F3NO3S. The molecule has 2 rings (SSSR count). The van der Waals surface area contributed by atoms with Gasteiger partial charge in [0, 0.05) is 12.6 Å². The summed E-state index contributed by atoms with van der Waals surface area (Å²) in [7, 11) is 2.80. The summed E-state index contributed by atoms with van der Waals surface area (Å²) in [5.41, 5.74) is -1.11. The van der Waals surface area contributed by atoms with Crippen LogP contribution in [-0.2, 0) is 11.0 Å². The maximum absolute atomic E-state index is 13.4. The second kappa shape index (κ2) is 6.64. The molecule has 0 saturated heterocycles. The van der Waals surface area contributed by atoms with Gasteiger partial charge in [0.05, 0.1) is 12.7 Å². The zero-order valence-corrected chi connectivity index (χ0v) is 13.7. The number of likely N-dealkylation sites (N-methyl/N-ethyl adjacent to an activating group) is 1. The Morgan fingerprint density at radius 1 is 1.29 bits per heavy atom. The maximum atomic E-state index is 13.4. The third kappa shape index (κ3) is 3.59. The van der Waals surface area contributed by atoms with Gasteiger partial charge in [0.25, 0.3) is 0 Å². The van der Waals surface area contributed by atoms with E-state index in [0.717, 1.165) is 11.0 Å². The average Bonchev–Trinajstić information content (AvgIpc) is 2.50. The fraction of sp³-hybridized carbons (Fsp3) is 0.250. The predicted octanol–water partition coefficient (Wildman–Crippen LogP) is 3.56. The van der Waals surface area contributed by atoms with Gasteiger partial charge < -0.3 is 14.7 Å². The van der Waals surface area contributed by atoms with Gasteiger partial charge in [0.2, 0.25) is 0 Å². The first-order chi connectivity index (χ1) is 11.1. The minimum absolute atomic E-state index is 0.180. The van der Waals surface area contributed by atoms with Crippen molar-refractivity contribution in [3.63, 3.8) is 0 Å². The molecule has 0 aliphatic carbocycles. The Labute approximate surface area is 141 Å². The van der Waals surface area contributed by atoms with E-state index in [0.29, 0.717) is 11.1 Å². The molecule has 0 aromatic heterocycles. The van der Waals surface area contributed by atoms with Gasteiger partial charge in [0.1, 0.15) is 17.3 Å². The predicted molar refractivity (Wildman–Crippen MR) is 87.5 cm³/mol. The van der Waals surface area contributed by atoms with Crippen LogP contribution in [0.5, 0.6) is 5.75 Å². The summed E-state index contributed by atoms with van der Waals surface area (Å²) in [5.74, 6) is -0.687. The van der Waals surface area contributed by atoms with Crippen molar-refractivity contribution in [1.82, 2.24) is 4.90 Å². The molecule has 2 aromatic rings. The Morgan fingerprint density at radius 2 is 1.96 bits per heavy atom. The first kappa shape index (κ1) is 18.0. The molecule has 24 heavy (non-hydrogen) atoms. The second-order valence-corrected chi connectivity index (χ2v) is 5.51. The lowest BCUT2D eigenvalue weighted by molar-refractivity contribution is -0.137. The number of ether oxygens (including phenoxy) is 1. The van der Waals surface area contributed by atoms with E-state index >= 15 is 0 Å². The second-order valence-electron chi connectivity index (χ2n) is 5.13. The lowest BCUT2D eigenvalue weighted by atomic mass is 9.97. The van der Waals surface area contributed by atoms with E-state index in [9.17, 15) is 18.0 Å². The summed E-state index contributed by atoms with van der Waals surface area (Å²) in [6, 6.07) is 6.90. The molecule has 0 saturated carbocycles. The van der Waals surface area contributed by atoms with Crippen LogP contribution < -0.4 is 4.74 Å². The number of methoxy groups -OCH3 is 1. The lowest BCUT2D eigenvalue weighted by Gasteiger charge is -2.23. The van der Waals surface area contributed by atoms with E-state index in [4.69, 9.17) is 22.1 Å². The van der Waals surface area contributed by atoms with Gasteiger partial charge in [-0.05, 0) is 35.0 Å². The summed E-state index contributed by atoms with van der Waals surface area (Å²) >= 11 is 5.14.